The van der Waals surface area contributed by atoms with Gasteiger partial charge >= 0.3 is 5.69 Å². The number of hydrogen-bond acceptors (Lipinski definition) is 5. The van der Waals surface area contributed by atoms with Gasteiger partial charge in [0.15, 0.2) is 0 Å². The van der Waals surface area contributed by atoms with E-state index in [0.29, 0.717) is 5.69 Å². The summed E-state index contributed by atoms with van der Waals surface area (Å²) in [5, 5.41) is 16.8. The van der Waals surface area contributed by atoms with Gasteiger partial charge in [-0.1, -0.05) is 18.9 Å². The highest BCUT2D eigenvalue weighted by atomic mass is 16.3. The van der Waals surface area contributed by atoms with Crippen LogP contribution >= 0.6 is 0 Å². The molecule has 1 aromatic heterocycles. The second-order valence-electron chi connectivity index (χ2n) is 6.71. The molecule has 26 heavy (non-hydrogen) atoms. The molecular formula is C19H24N4O3. The van der Waals surface area contributed by atoms with Crippen LogP contribution in [0, 0.1) is 13.8 Å². The third-order valence-electron chi connectivity index (χ3n) is 4.80. The van der Waals surface area contributed by atoms with Crippen molar-refractivity contribution in [3.8, 4) is 11.6 Å². The molecule has 0 bridgehead atoms. The van der Waals surface area contributed by atoms with Crippen molar-refractivity contribution in [2.45, 2.75) is 39.5 Å². The minimum atomic E-state index is -0.678. The van der Waals surface area contributed by atoms with Crippen LogP contribution in [0.1, 0.15) is 42.4 Å². The molecule has 0 aliphatic carbocycles. The summed E-state index contributed by atoms with van der Waals surface area (Å²) in [7, 11) is 0. The molecular weight excluding hydrogens is 332 g/mol. The maximum Gasteiger partial charge on any atom is 0.335 e. The molecule has 7 heteroatoms. The SMILES string of the molecule is Cc1ccc(-n2c(O)c(C=NN3CCCCCC3)c(=O)[nH]c2=O)cc1C. The maximum atomic E-state index is 12.3. The van der Waals surface area contributed by atoms with Crippen LogP contribution in [0.5, 0.6) is 5.88 Å². The maximum absolute atomic E-state index is 12.3. The van der Waals surface area contributed by atoms with Gasteiger partial charge in [-0.25, -0.2) is 9.36 Å². The number of hydrogen-bond donors (Lipinski definition) is 2. The number of nitrogens with one attached hydrogen (secondary N) is 1. The first kappa shape index (κ1) is 18.0. The van der Waals surface area contributed by atoms with Gasteiger partial charge in [-0.05, 0) is 49.9 Å². The lowest BCUT2D eigenvalue weighted by molar-refractivity contribution is 0.302. The number of rotatable bonds is 3. The summed E-state index contributed by atoms with van der Waals surface area (Å²) >= 11 is 0. The lowest BCUT2D eigenvalue weighted by atomic mass is 10.1. The summed E-state index contributed by atoms with van der Waals surface area (Å²) in [5.74, 6) is -0.402. The van der Waals surface area contributed by atoms with Crippen molar-refractivity contribution in [1.82, 2.24) is 14.6 Å². The summed E-state index contributed by atoms with van der Waals surface area (Å²) in [5.41, 5.74) is 1.21. The first-order chi connectivity index (χ1) is 12.5. The molecule has 1 saturated heterocycles. The molecule has 1 aromatic carbocycles. The van der Waals surface area contributed by atoms with E-state index in [2.05, 4.69) is 10.1 Å². The molecule has 1 fully saturated rings. The number of aromatic hydroxyl groups is 1. The molecule has 0 spiro atoms. The zero-order chi connectivity index (χ0) is 18.7. The molecule has 0 radical (unpaired) electrons. The van der Waals surface area contributed by atoms with Crippen molar-refractivity contribution in [2.24, 2.45) is 5.10 Å². The molecule has 0 atom stereocenters. The van der Waals surface area contributed by atoms with Crippen molar-refractivity contribution >= 4 is 6.21 Å². The van der Waals surface area contributed by atoms with Gasteiger partial charge in [-0.15, -0.1) is 0 Å². The van der Waals surface area contributed by atoms with Crippen LogP contribution in [-0.4, -0.2) is 39.0 Å². The van der Waals surface area contributed by atoms with E-state index in [4.69, 9.17) is 0 Å². The van der Waals surface area contributed by atoms with E-state index in [1.54, 1.807) is 12.1 Å². The van der Waals surface area contributed by atoms with Gasteiger partial charge in [0.1, 0.15) is 5.56 Å². The molecule has 0 amide bonds. The fourth-order valence-electron chi connectivity index (χ4n) is 3.07. The molecule has 0 saturated carbocycles. The van der Waals surface area contributed by atoms with Gasteiger partial charge in [0.2, 0.25) is 5.88 Å². The predicted molar refractivity (Wildman–Crippen MR) is 101 cm³/mol. The summed E-state index contributed by atoms with van der Waals surface area (Å²) in [6.45, 7) is 5.54. The van der Waals surface area contributed by atoms with Crippen LogP contribution < -0.4 is 11.2 Å². The van der Waals surface area contributed by atoms with E-state index in [1.165, 1.54) is 19.1 Å². The number of H-pyrrole nitrogens is 1. The highest BCUT2D eigenvalue weighted by Gasteiger charge is 2.15. The lowest BCUT2D eigenvalue weighted by Gasteiger charge is -2.15. The van der Waals surface area contributed by atoms with E-state index in [1.807, 2.05) is 24.9 Å². The van der Waals surface area contributed by atoms with Gasteiger partial charge in [0.05, 0.1) is 11.9 Å². The molecule has 2 heterocycles. The Bertz CT molecular complexity index is 935. The summed E-state index contributed by atoms with van der Waals surface area (Å²) in [4.78, 5) is 26.7. The van der Waals surface area contributed by atoms with Crippen molar-refractivity contribution in [3.63, 3.8) is 0 Å². The Kier molecular flexibility index (Phi) is 5.25. The largest absolute Gasteiger partial charge is 0.493 e. The number of nitrogens with zero attached hydrogens (tertiary/aromatic N) is 3. The zero-order valence-corrected chi connectivity index (χ0v) is 15.2. The van der Waals surface area contributed by atoms with Gasteiger partial charge < -0.3 is 5.11 Å². The number of hydrazone groups is 1. The Morgan fingerprint density at radius 3 is 2.42 bits per heavy atom. The Labute approximate surface area is 151 Å². The first-order valence-electron chi connectivity index (χ1n) is 8.92. The number of aromatic nitrogens is 2. The molecule has 2 aromatic rings. The van der Waals surface area contributed by atoms with Crippen LogP contribution in [-0.2, 0) is 0 Å². The zero-order valence-electron chi connectivity index (χ0n) is 15.2. The average Bonchev–Trinajstić information content (AvgIpc) is 2.86. The summed E-state index contributed by atoms with van der Waals surface area (Å²) < 4.78 is 1.09. The van der Waals surface area contributed by atoms with Crippen LogP contribution in [0.4, 0.5) is 0 Å². The van der Waals surface area contributed by atoms with Crippen LogP contribution in [0.25, 0.3) is 5.69 Å². The number of aryl methyl sites for hydroxylation is 2. The van der Waals surface area contributed by atoms with E-state index in [-0.39, 0.29) is 5.56 Å². The third kappa shape index (κ3) is 3.71. The van der Waals surface area contributed by atoms with Gasteiger partial charge in [0.25, 0.3) is 5.56 Å². The lowest BCUT2D eigenvalue weighted by Crippen LogP contribution is -2.31. The van der Waals surface area contributed by atoms with Crippen molar-refractivity contribution < 1.29 is 5.11 Å². The molecule has 1 aliphatic heterocycles. The van der Waals surface area contributed by atoms with E-state index in [9.17, 15) is 14.7 Å². The third-order valence-corrected chi connectivity index (χ3v) is 4.80. The second-order valence-corrected chi connectivity index (χ2v) is 6.71. The molecule has 3 rings (SSSR count). The van der Waals surface area contributed by atoms with Crippen LogP contribution in [0.2, 0.25) is 0 Å². The Morgan fingerprint density at radius 2 is 1.77 bits per heavy atom. The normalized spacial score (nSPS) is 15.4. The Hall–Kier alpha value is -2.83. The van der Waals surface area contributed by atoms with E-state index < -0.39 is 17.1 Å². The van der Waals surface area contributed by atoms with Gasteiger partial charge in [-0.3, -0.25) is 14.8 Å². The predicted octanol–water partition coefficient (Wildman–Crippen LogP) is 2.06. The quantitative estimate of drug-likeness (QED) is 0.824. The highest BCUT2D eigenvalue weighted by Crippen LogP contribution is 2.18. The fourth-order valence-corrected chi connectivity index (χ4v) is 3.07. The van der Waals surface area contributed by atoms with Crippen molar-refractivity contribution in [2.75, 3.05) is 13.1 Å². The Balaban J connectivity index is 2.02. The summed E-state index contributed by atoms with van der Waals surface area (Å²) in [6.07, 6.45) is 5.81. The van der Waals surface area contributed by atoms with Crippen LogP contribution in [0.15, 0.2) is 32.9 Å². The minimum Gasteiger partial charge on any atom is -0.493 e. The monoisotopic (exact) mass is 356 g/mol. The minimum absolute atomic E-state index is 0.0212. The molecule has 138 valence electrons. The van der Waals surface area contributed by atoms with Crippen molar-refractivity contribution in [3.05, 3.63) is 55.7 Å². The molecule has 1 aliphatic rings. The first-order valence-corrected chi connectivity index (χ1v) is 8.92. The molecule has 7 nitrogen and oxygen atoms in total. The number of aromatic amines is 1. The van der Waals surface area contributed by atoms with Crippen LogP contribution in [0.3, 0.4) is 0 Å². The summed E-state index contributed by atoms with van der Waals surface area (Å²) in [6, 6.07) is 5.40. The van der Waals surface area contributed by atoms with Crippen molar-refractivity contribution in [1.29, 1.82) is 0 Å². The van der Waals surface area contributed by atoms with Gasteiger partial charge in [-0.2, -0.15) is 5.10 Å². The standard InChI is InChI=1S/C19H24N4O3/c1-13-7-8-15(11-14(13)2)23-18(25)16(17(24)21-19(23)26)12-20-22-9-5-3-4-6-10-22/h7-8,11-12,25H,3-6,9-10H2,1-2H3,(H,21,24,26). The number of benzene rings is 1. The topological polar surface area (TPSA) is 90.7 Å². The smallest absolute Gasteiger partial charge is 0.335 e. The fraction of sp³-hybridized carbons (Fsp3) is 0.421. The molecule has 0 unspecified atom stereocenters. The Morgan fingerprint density at radius 1 is 1.08 bits per heavy atom. The van der Waals surface area contributed by atoms with E-state index >= 15 is 0 Å². The highest BCUT2D eigenvalue weighted by molar-refractivity contribution is 5.82. The van der Waals surface area contributed by atoms with Gasteiger partial charge in [0, 0.05) is 13.1 Å². The second kappa shape index (κ2) is 7.59. The van der Waals surface area contributed by atoms with E-state index in [0.717, 1.165) is 41.6 Å². The average molecular weight is 356 g/mol. The molecule has 2 N–H and O–H groups in total.